The van der Waals surface area contributed by atoms with Crippen molar-refractivity contribution in [1.29, 1.82) is 0 Å². The van der Waals surface area contributed by atoms with Crippen LogP contribution in [0.1, 0.15) is 37.7 Å². The fourth-order valence-electron chi connectivity index (χ4n) is 2.85. The standard InChI is InChI=1S/C19H28N3O3/c1-22(19(20)24)13-14-25-17-10-7-15(8-11-17)9-12-18(23)21-16-5-3-2-4-6-16/h7-8,10-12,16H,2-6,9,13-14H2,1H3,(H2,20,24)(H,21,23). The minimum Gasteiger partial charge on any atom is -0.492 e. The number of primary amides is 1. The van der Waals surface area contributed by atoms with Crippen molar-refractivity contribution in [2.45, 2.75) is 44.6 Å². The van der Waals surface area contributed by atoms with Gasteiger partial charge < -0.3 is 20.7 Å². The van der Waals surface area contributed by atoms with E-state index < -0.39 is 6.03 Å². The molecule has 1 aliphatic rings. The molecule has 0 bridgehead atoms. The number of nitrogens with one attached hydrogen (secondary N) is 1. The maximum Gasteiger partial charge on any atom is 0.314 e. The van der Waals surface area contributed by atoms with Gasteiger partial charge in [0.1, 0.15) is 12.4 Å². The highest BCUT2D eigenvalue weighted by atomic mass is 16.5. The first-order valence-corrected chi connectivity index (χ1v) is 8.90. The Balaban J connectivity index is 1.67. The maximum atomic E-state index is 12.0. The fraction of sp³-hybridized carbons (Fsp3) is 0.526. The number of likely N-dealkylation sites (N-methyl/N-ethyl adjacent to an activating group) is 1. The Labute approximate surface area is 149 Å². The summed E-state index contributed by atoms with van der Waals surface area (Å²) in [6.07, 6.45) is 8.19. The predicted molar refractivity (Wildman–Crippen MR) is 97.2 cm³/mol. The summed E-state index contributed by atoms with van der Waals surface area (Å²) in [7, 11) is 1.63. The molecule has 0 aromatic heterocycles. The monoisotopic (exact) mass is 346 g/mol. The summed E-state index contributed by atoms with van der Waals surface area (Å²) in [5.41, 5.74) is 6.20. The zero-order valence-corrected chi connectivity index (χ0v) is 14.9. The summed E-state index contributed by atoms with van der Waals surface area (Å²) in [4.78, 5) is 24.3. The van der Waals surface area contributed by atoms with E-state index >= 15 is 0 Å². The number of amides is 3. The summed E-state index contributed by atoms with van der Waals surface area (Å²) in [6, 6.07) is 7.49. The second kappa shape index (κ2) is 9.91. The van der Waals surface area contributed by atoms with Crippen LogP contribution in [0.3, 0.4) is 0 Å². The number of hydrogen-bond donors (Lipinski definition) is 2. The van der Waals surface area contributed by atoms with E-state index in [1.54, 1.807) is 13.5 Å². The second-order valence-electron chi connectivity index (χ2n) is 6.50. The number of benzene rings is 1. The number of nitrogens with two attached hydrogens (primary N) is 1. The number of urea groups is 1. The largest absolute Gasteiger partial charge is 0.492 e. The third-order valence-corrected chi connectivity index (χ3v) is 4.47. The van der Waals surface area contributed by atoms with Gasteiger partial charge >= 0.3 is 6.03 Å². The molecule has 2 rings (SSSR count). The van der Waals surface area contributed by atoms with Crippen molar-refractivity contribution in [3.05, 3.63) is 36.2 Å². The molecule has 0 aliphatic heterocycles. The van der Waals surface area contributed by atoms with Gasteiger partial charge in [0.15, 0.2) is 0 Å². The SMILES string of the molecule is CN(CCOc1ccc(C[CH]C(=O)NC2CCCCC2)cc1)C(N)=O. The zero-order chi connectivity index (χ0) is 18.1. The van der Waals surface area contributed by atoms with Gasteiger partial charge in [-0.25, -0.2) is 4.79 Å². The van der Waals surface area contributed by atoms with Gasteiger partial charge in [0.05, 0.1) is 13.0 Å². The molecule has 1 radical (unpaired) electrons. The first-order chi connectivity index (χ1) is 12.0. The lowest BCUT2D eigenvalue weighted by atomic mass is 9.95. The van der Waals surface area contributed by atoms with Gasteiger partial charge in [0.2, 0.25) is 5.91 Å². The predicted octanol–water partition coefficient (Wildman–Crippen LogP) is 2.27. The molecule has 0 saturated heterocycles. The molecule has 0 atom stereocenters. The first kappa shape index (κ1) is 19.1. The van der Waals surface area contributed by atoms with Gasteiger partial charge in [-0.2, -0.15) is 0 Å². The molecular formula is C19H28N3O3. The Kier molecular flexibility index (Phi) is 7.57. The van der Waals surface area contributed by atoms with E-state index in [0.717, 1.165) is 24.2 Å². The Morgan fingerprint density at radius 3 is 2.56 bits per heavy atom. The lowest BCUT2D eigenvalue weighted by Crippen LogP contribution is -2.36. The Morgan fingerprint density at radius 1 is 1.24 bits per heavy atom. The molecule has 1 aromatic rings. The Morgan fingerprint density at radius 2 is 1.92 bits per heavy atom. The topological polar surface area (TPSA) is 84.7 Å². The van der Waals surface area contributed by atoms with Crippen LogP contribution in [-0.4, -0.2) is 43.1 Å². The van der Waals surface area contributed by atoms with E-state index in [1.807, 2.05) is 24.3 Å². The molecule has 0 spiro atoms. The molecule has 137 valence electrons. The molecule has 1 fully saturated rings. The first-order valence-electron chi connectivity index (χ1n) is 8.90. The molecule has 0 unspecified atom stereocenters. The second-order valence-corrected chi connectivity index (χ2v) is 6.50. The van der Waals surface area contributed by atoms with Crippen molar-refractivity contribution >= 4 is 11.9 Å². The van der Waals surface area contributed by atoms with Crippen molar-refractivity contribution in [1.82, 2.24) is 10.2 Å². The van der Waals surface area contributed by atoms with Gasteiger partial charge in [0, 0.05) is 13.1 Å². The van der Waals surface area contributed by atoms with Crippen molar-refractivity contribution in [2.24, 2.45) is 5.73 Å². The van der Waals surface area contributed by atoms with Crippen molar-refractivity contribution in [2.75, 3.05) is 20.2 Å². The number of ether oxygens (including phenoxy) is 1. The van der Waals surface area contributed by atoms with E-state index in [0.29, 0.717) is 25.6 Å². The quantitative estimate of drug-likeness (QED) is 0.757. The molecule has 6 heteroatoms. The average molecular weight is 346 g/mol. The van der Waals surface area contributed by atoms with Crippen LogP contribution in [0.15, 0.2) is 24.3 Å². The summed E-state index contributed by atoms with van der Waals surface area (Å²) in [5.74, 6) is 0.745. The molecule has 1 aromatic carbocycles. The lowest BCUT2D eigenvalue weighted by Gasteiger charge is -2.22. The zero-order valence-electron chi connectivity index (χ0n) is 14.9. The highest BCUT2D eigenvalue weighted by Crippen LogP contribution is 2.18. The van der Waals surface area contributed by atoms with E-state index in [-0.39, 0.29) is 5.91 Å². The van der Waals surface area contributed by atoms with Crippen LogP contribution in [0.2, 0.25) is 0 Å². The Bertz CT molecular complexity index is 554. The fourth-order valence-corrected chi connectivity index (χ4v) is 2.85. The van der Waals surface area contributed by atoms with Crippen LogP contribution in [0.25, 0.3) is 0 Å². The number of nitrogens with zero attached hydrogens (tertiary/aromatic N) is 1. The van der Waals surface area contributed by atoms with E-state index in [1.165, 1.54) is 24.2 Å². The summed E-state index contributed by atoms with van der Waals surface area (Å²) >= 11 is 0. The van der Waals surface area contributed by atoms with Gasteiger partial charge in [0.25, 0.3) is 0 Å². The molecule has 0 heterocycles. The van der Waals surface area contributed by atoms with Crippen molar-refractivity contribution in [3.63, 3.8) is 0 Å². The normalized spacial score (nSPS) is 14.8. The molecule has 3 amide bonds. The van der Waals surface area contributed by atoms with E-state index in [9.17, 15) is 9.59 Å². The van der Waals surface area contributed by atoms with Crippen LogP contribution in [0.4, 0.5) is 4.79 Å². The molecule has 25 heavy (non-hydrogen) atoms. The Hall–Kier alpha value is -2.24. The average Bonchev–Trinajstić information content (AvgIpc) is 2.61. The van der Waals surface area contributed by atoms with E-state index in [2.05, 4.69) is 5.32 Å². The van der Waals surface area contributed by atoms with Gasteiger partial charge in [-0.3, -0.25) is 4.79 Å². The highest BCUT2D eigenvalue weighted by molar-refractivity contribution is 5.85. The molecular weight excluding hydrogens is 318 g/mol. The summed E-state index contributed by atoms with van der Waals surface area (Å²) < 4.78 is 5.57. The maximum absolute atomic E-state index is 12.0. The molecule has 1 aliphatic carbocycles. The molecule has 1 saturated carbocycles. The van der Waals surface area contributed by atoms with Crippen LogP contribution in [-0.2, 0) is 11.2 Å². The van der Waals surface area contributed by atoms with Crippen LogP contribution in [0.5, 0.6) is 5.75 Å². The summed E-state index contributed by atoms with van der Waals surface area (Å²) in [5, 5.41) is 3.09. The third kappa shape index (κ3) is 7.03. The minimum absolute atomic E-state index is 0.0155. The van der Waals surface area contributed by atoms with Gasteiger partial charge in [-0.1, -0.05) is 31.4 Å². The van der Waals surface area contributed by atoms with Crippen LogP contribution in [0, 0.1) is 6.42 Å². The highest BCUT2D eigenvalue weighted by Gasteiger charge is 2.15. The van der Waals surface area contributed by atoms with Crippen molar-refractivity contribution < 1.29 is 14.3 Å². The third-order valence-electron chi connectivity index (χ3n) is 4.47. The smallest absolute Gasteiger partial charge is 0.314 e. The van der Waals surface area contributed by atoms with Crippen molar-refractivity contribution in [3.8, 4) is 5.75 Å². The van der Waals surface area contributed by atoms with Crippen LogP contribution < -0.4 is 15.8 Å². The molecule has 6 nitrogen and oxygen atoms in total. The minimum atomic E-state index is -0.471. The molecule has 3 N–H and O–H groups in total. The number of rotatable bonds is 8. The van der Waals surface area contributed by atoms with Gasteiger partial charge in [-0.15, -0.1) is 0 Å². The van der Waals surface area contributed by atoms with E-state index in [4.69, 9.17) is 10.5 Å². The summed E-state index contributed by atoms with van der Waals surface area (Å²) in [6.45, 7) is 0.820. The van der Waals surface area contributed by atoms with Crippen LogP contribution >= 0.6 is 0 Å². The number of carbonyl (C=O) groups is 2. The lowest BCUT2D eigenvalue weighted by molar-refractivity contribution is -0.118. The number of carbonyl (C=O) groups excluding carboxylic acids is 2. The van der Waals surface area contributed by atoms with Gasteiger partial charge in [-0.05, 0) is 37.0 Å². The number of hydrogen-bond acceptors (Lipinski definition) is 3.